The third-order valence-corrected chi connectivity index (χ3v) is 11.3. The van der Waals surface area contributed by atoms with Crippen molar-refractivity contribution in [1.82, 2.24) is 0 Å². The molecule has 326 valence electrons. The molecule has 4 aromatic rings. The fourth-order valence-electron chi connectivity index (χ4n) is 7.98. The van der Waals surface area contributed by atoms with Gasteiger partial charge >= 0.3 is 17.9 Å². The minimum atomic E-state index is -2.24. The van der Waals surface area contributed by atoms with E-state index in [1.807, 2.05) is 44.2 Å². The molecule has 1 unspecified atom stereocenters. The van der Waals surface area contributed by atoms with Gasteiger partial charge in [-0.2, -0.15) is 0 Å². The van der Waals surface area contributed by atoms with Gasteiger partial charge in [0.05, 0.1) is 44.2 Å². The Balaban J connectivity index is 0.000000357. The first-order valence-corrected chi connectivity index (χ1v) is 20.0. The zero-order valence-electron chi connectivity index (χ0n) is 36.5. The van der Waals surface area contributed by atoms with E-state index in [4.69, 9.17) is 35.0 Å². The van der Waals surface area contributed by atoms with E-state index in [0.29, 0.717) is 46.7 Å². The zero-order valence-corrected chi connectivity index (χ0v) is 37.3. The van der Waals surface area contributed by atoms with Crippen LogP contribution in [-0.2, 0) is 42.9 Å². The maximum absolute atomic E-state index is 14.5. The van der Waals surface area contributed by atoms with Crippen molar-refractivity contribution in [3.05, 3.63) is 112 Å². The molecule has 15 heteroatoms. The molecule has 3 amide bonds. The highest BCUT2D eigenvalue weighted by atomic mass is 35.5. The van der Waals surface area contributed by atoms with Gasteiger partial charge in [0.15, 0.2) is 16.8 Å². The second kappa shape index (κ2) is 20.0. The van der Waals surface area contributed by atoms with Crippen LogP contribution in [-0.4, -0.2) is 93.2 Å². The Morgan fingerprint density at radius 2 is 1.11 bits per heavy atom. The van der Waals surface area contributed by atoms with Crippen LogP contribution in [0.15, 0.2) is 77.4 Å². The first kappa shape index (κ1) is 47.7. The predicted molar refractivity (Wildman–Crippen MR) is 231 cm³/mol. The quantitative estimate of drug-likeness (QED) is 0.0782. The highest BCUT2D eigenvalue weighted by Gasteiger charge is 2.67. The average Bonchev–Trinajstić information content (AvgIpc) is 3.93. The van der Waals surface area contributed by atoms with Crippen LogP contribution in [0, 0.1) is 41.5 Å². The lowest BCUT2D eigenvalue weighted by molar-refractivity contribution is -0.161. The van der Waals surface area contributed by atoms with Crippen LogP contribution in [0.4, 0.5) is 17.1 Å². The summed E-state index contributed by atoms with van der Waals surface area (Å²) in [7, 11) is 3.65. The number of aryl methyl sites for hydroxylation is 6. The van der Waals surface area contributed by atoms with Crippen LogP contribution in [0.1, 0.15) is 64.2 Å². The van der Waals surface area contributed by atoms with Crippen molar-refractivity contribution in [1.29, 1.82) is 0 Å². The maximum atomic E-state index is 14.5. The number of anilines is 3. The SMILES string of the molecule is COCC(=O)N(c1c(C)cccc1C)[C@](C)(C(=O)OC)[C@](C)(C(=O)OC)N(C(=O)c1ccco1)c1c(C)cccc1C.Cc1cccc(C)c1N(C(=O)CCl)C1CCOC1=O. The van der Waals surface area contributed by atoms with Crippen molar-refractivity contribution in [2.24, 2.45) is 0 Å². The molecule has 0 N–H and O–H groups in total. The van der Waals surface area contributed by atoms with E-state index in [2.05, 4.69) is 0 Å². The second-order valence-electron chi connectivity index (χ2n) is 15.0. The smallest absolute Gasteiger partial charge is 0.335 e. The third-order valence-electron chi connectivity index (χ3n) is 11.1. The van der Waals surface area contributed by atoms with Crippen molar-refractivity contribution in [2.45, 2.75) is 78.9 Å². The molecule has 0 aliphatic carbocycles. The van der Waals surface area contributed by atoms with Gasteiger partial charge in [-0.15, -0.1) is 11.6 Å². The molecule has 0 saturated carbocycles. The summed E-state index contributed by atoms with van der Waals surface area (Å²) in [6.45, 7) is 13.6. The molecule has 3 atom stereocenters. The third kappa shape index (κ3) is 9.06. The van der Waals surface area contributed by atoms with Gasteiger partial charge in [-0.25, -0.2) is 14.4 Å². The van der Waals surface area contributed by atoms with Gasteiger partial charge in [-0.3, -0.25) is 29.1 Å². The number of carbonyl (C=O) groups is 6. The molecule has 1 saturated heterocycles. The molecule has 61 heavy (non-hydrogen) atoms. The molecule has 1 aromatic heterocycles. The lowest BCUT2D eigenvalue weighted by Crippen LogP contribution is -2.78. The molecule has 1 aliphatic rings. The zero-order chi connectivity index (χ0) is 45.4. The predicted octanol–water partition coefficient (Wildman–Crippen LogP) is 6.89. The summed E-state index contributed by atoms with van der Waals surface area (Å²) in [4.78, 5) is 84.8. The first-order valence-electron chi connectivity index (χ1n) is 19.5. The normalized spacial score (nSPS) is 15.2. The molecule has 0 radical (unpaired) electrons. The summed E-state index contributed by atoms with van der Waals surface area (Å²) >= 11 is 5.68. The largest absolute Gasteiger partial charge is 0.467 e. The van der Waals surface area contributed by atoms with Crippen LogP contribution in [0.2, 0.25) is 0 Å². The number of furan rings is 1. The molecule has 2 heterocycles. The van der Waals surface area contributed by atoms with Crippen molar-refractivity contribution in [2.75, 3.05) is 55.1 Å². The van der Waals surface area contributed by atoms with Crippen molar-refractivity contribution in [3.8, 4) is 0 Å². The summed E-state index contributed by atoms with van der Waals surface area (Å²) < 4.78 is 26.4. The topological polar surface area (TPSA) is 162 Å². The van der Waals surface area contributed by atoms with Crippen LogP contribution >= 0.6 is 11.6 Å². The number of ether oxygens (including phenoxy) is 4. The lowest BCUT2D eigenvalue weighted by atomic mass is 9.74. The molecule has 1 aliphatic heterocycles. The molecule has 14 nitrogen and oxygen atoms in total. The number of halogens is 1. The maximum Gasteiger partial charge on any atom is 0.335 e. The van der Waals surface area contributed by atoms with Crippen LogP contribution < -0.4 is 14.7 Å². The number of amides is 3. The number of nitrogens with zero attached hydrogens (tertiary/aromatic N) is 3. The molecule has 5 rings (SSSR count). The number of hydrogen-bond donors (Lipinski definition) is 0. The number of cyclic esters (lactones) is 1. The van der Waals surface area contributed by atoms with Crippen molar-refractivity contribution < 1.29 is 52.1 Å². The monoisotopic (exact) mass is 859 g/mol. The first-order chi connectivity index (χ1) is 28.9. The van der Waals surface area contributed by atoms with Gasteiger partial charge < -0.3 is 23.4 Å². The number of para-hydroxylation sites is 3. The van der Waals surface area contributed by atoms with E-state index in [1.54, 1.807) is 52.0 Å². The van der Waals surface area contributed by atoms with Gasteiger partial charge in [-0.1, -0.05) is 54.6 Å². The van der Waals surface area contributed by atoms with Gasteiger partial charge in [-0.05, 0) is 101 Å². The standard InChI is InChI=1S/C32H38N2O8.C14H16ClNO3/c1-20-13-10-14-21(2)26(20)33(25(35)19-39-7)31(5,29(37)40-8)32(6,30(38)41-9)34(28(36)24-17-12-18-42-24)27-22(3)15-11-16-23(27)4;1-9-4-3-5-10(2)13(9)16(12(17)8-15)11-6-7-19-14(11)18/h10-18H,19H2,1-9H3;3-5,11H,6-8H2,1-2H3/t31-,32+;/m1./s1. The summed E-state index contributed by atoms with van der Waals surface area (Å²) in [5.74, 6) is -4.21. The Labute approximate surface area is 361 Å². The fraction of sp³-hybridized carbons (Fsp3) is 0.391. The van der Waals surface area contributed by atoms with Gasteiger partial charge in [0.1, 0.15) is 18.5 Å². The number of rotatable bonds is 13. The highest BCUT2D eigenvalue weighted by Crippen LogP contribution is 2.45. The van der Waals surface area contributed by atoms with E-state index in [-0.39, 0.29) is 23.5 Å². The molecule has 0 spiro atoms. The Morgan fingerprint density at radius 1 is 0.672 bits per heavy atom. The van der Waals surface area contributed by atoms with E-state index >= 15 is 0 Å². The van der Waals surface area contributed by atoms with E-state index < -0.39 is 47.5 Å². The Morgan fingerprint density at radius 3 is 1.49 bits per heavy atom. The lowest BCUT2D eigenvalue weighted by Gasteiger charge is -2.53. The Hall–Kier alpha value is -5.99. The number of alkyl halides is 1. The molecule has 3 aromatic carbocycles. The number of esters is 3. The molecule has 1 fully saturated rings. The van der Waals surface area contributed by atoms with Crippen LogP contribution in [0.5, 0.6) is 0 Å². The minimum absolute atomic E-state index is 0.0955. The van der Waals surface area contributed by atoms with Crippen LogP contribution in [0.3, 0.4) is 0 Å². The van der Waals surface area contributed by atoms with E-state index in [0.717, 1.165) is 31.0 Å². The summed E-state index contributed by atoms with van der Waals surface area (Å²) in [6, 6.07) is 18.9. The summed E-state index contributed by atoms with van der Waals surface area (Å²) in [5, 5.41) is 0. The number of methoxy groups -OCH3 is 3. The Bertz CT molecular complexity index is 2220. The van der Waals surface area contributed by atoms with E-state index in [1.165, 1.54) is 54.1 Å². The van der Waals surface area contributed by atoms with Crippen molar-refractivity contribution in [3.63, 3.8) is 0 Å². The second-order valence-corrected chi connectivity index (χ2v) is 15.3. The number of hydrogen-bond acceptors (Lipinski definition) is 11. The van der Waals surface area contributed by atoms with Crippen molar-refractivity contribution >= 4 is 64.3 Å². The fourth-order valence-corrected chi connectivity index (χ4v) is 8.11. The molecular weight excluding hydrogens is 806 g/mol. The molecule has 0 bridgehead atoms. The highest BCUT2D eigenvalue weighted by molar-refractivity contribution is 6.30. The number of benzene rings is 3. The Kier molecular flexibility index (Phi) is 15.7. The van der Waals surface area contributed by atoms with Gasteiger partial charge in [0.2, 0.25) is 5.91 Å². The molecular formula is C46H54ClN3O11. The summed E-state index contributed by atoms with van der Waals surface area (Å²) in [6.07, 6.45) is 1.84. The minimum Gasteiger partial charge on any atom is -0.467 e. The average molecular weight is 860 g/mol. The number of carbonyl (C=O) groups excluding carboxylic acids is 6. The van der Waals surface area contributed by atoms with Gasteiger partial charge in [0.25, 0.3) is 11.8 Å². The summed E-state index contributed by atoms with van der Waals surface area (Å²) in [5.41, 5.74) is 1.39. The van der Waals surface area contributed by atoms with Gasteiger partial charge in [0, 0.05) is 13.5 Å². The van der Waals surface area contributed by atoms with E-state index in [9.17, 15) is 28.8 Å². The van der Waals surface area contributed by atoms with Crippen LogP contribution in [0.25, 0.3) is 0 Å².